The SMILES string of the molecule is CC(=O)c1c(C)c2cnc(Nc3ccc(C4CCN(Cc5ccc(CN6C7CCC6CC(O)(c6ccc8c(c6)CN(C6CCC(=O)NC6=O)C8=O)C7)cc5)CC4)cn3)nc2n(C2CCCC2)c1=O. The topological polar surface area (TPSA) is 183 Å². The quantitative estimate of drug-likeness (QED) is 0.0942. The second kappa shape index (κ2) is 17.7. The number of hydrogen-bond acceptors (Lipinski definition) is 12. The van der Waals surface area contributed by atoms with Crippen LogP contribution in [0.1, 0.15) is 150 Å². The molecule has 3 N–H and O–H groups in total. The Morgan fingerprint density at radius 2 is 1.56 bits per heavy atom. The van der Waals surface area contributed by atoms with E-state index in [0.29, 0.717) is 60.3 Å². The fourth-order valence-electron chi connectivity index (χ4n) is 12.5. The highest BCUT2D eigenvalue weighted by atomic mass is 16.3. The number of carbonyl (C=O) groups excluding carboxylic acids is 4. The summed E-state index contributed by atoms with van der Waals surface area (Å²) < 4.78 is 1.73. The van der Waals surface area contributed by atoms with E-state index in [2.05, 4.69) is 55.7 Å². The monoisotopic (exact) mass is 917 g/mol. The lowest BCUT2D eigenvalue weighted by Crippen LogP contribution is -2.52. The maximum Gasteiger partial charge on any atom is 0.263 e. The van der Waals surface area contributed by atoms with Gasteiger partial charge in [-0.05, 0) is 136 Å². The van der Waals surface area contributed by atoms with Crippen LogP contribution in [-0.4, -0.2) is 94.0 Å². The summed E-state index contributed by atoms with van der Waals surface area (Å²) in [4.78, 5) is 84.5. The number of amides is 3. The summed E-state index contributed by atoms with van der Waals surface area (Å²) in [6.45, 7) is 7.31. The van der Waals surface area contributed by atoms with Gasteiger partial charge >= 0.3 is 0 Å². The number of Topliss-reactive ketones (excluding diaryl/α,β-unsaturated/α-hetero) is 1. The average Bonchev–Trinajstić information content (AvgIpc) is 4.04. The lowest BCUT2D eigenvalue weighted by molar-refractivity contribution is -0.136. The molecule has 11 rings (SSSR count). The molecule has 0 radical (unpaired) electrons. The van der Waals surface area contributed by atoms with Crippen molar-refractivity contribution in [1.29, 1.82) is 0 Å². The van der Waals surface area contributed by atoms with Gasteiger partial charge in [0.15, 0.2) is 5.78 Å². The van der Waals surface area contributed by atoms with Crippen LogP contribution >= 0.6 is 0 Å². The zero-order valence-electron chi connectivity index (χ0n) is 38.9. The molecule has 3 amide bonds. The molecule has 4 saturated heterocycles. The molecular weight excluding hydrogens is 859 g/mol. The largest absolute Gasteiger partial charge is 0.385 e. The van der Waals surface area contributed by atoms with E-state index in [4.69, 9.17) is 9.97 Å². The second-order valence-corrected chi connectivity index (χ2v) is 20.3. The number of likely N-dealkylation sites (tertiary alicyclic amines) is 1. The summed E-state index contributed by atoms with van der Waals surface area (Å²) in [5.74, 6) is 0.263. The van der Waals surface area contributed by atoms with Crippen LogP contribution in [0.15, 0.2) is 71.8 Å². The summed E-state index contributed by atoms with van der Waals surface area (Å²) in [6.07, 6.45) is 13.5. The molecule has 2 aromatic carbocycles. The van der Waals surface area contributed by atoms with Crippen molar-refractivity contribution in [2.75, 3.05) is 18.4 Å². The van der Waals surface area contributed by atoms with Crippen molar-refractivity contribution in [3.05, 3.63) is 122 Å². The number of rotatable bonds is 11. The van der Waals surface area contributed by atoms with Crippen molar-refractivity contribution >= 4 is 46.3 Å². The number of imide groups is 1. The van der Waals surface area contributed by atoms with Gasteiger partial charge in [-0.3, -0.25) is 43.7 Å². The van der Waals surface area contributed by atoms with Crippen LogP contribution in [0.25, 0.3) is 11.0 Å². The van der Waals surface area contributed by atoms with E-state index in [1.54, 1.807) is 28.7 Å². The van der Waals surface area contributed by atoms with Gasteiger partial charge < -0.3 is 15.3 Å². The number of nitrogens with one attached hydrogen (secondary N) is 2. The molecule has 0 spiro atoms. The van der Waals surface area contributed by atoms with Crippen molar-refractivity contribution in [2.24, 2.45) is 0 Å². The summed E-state index contributed by atoms with van der Waals surface area (Å²) in [5.41, 5.74) is 6.18. The summed E-state index contributed by atoms with van der Waals surface area (Å²) in [5, 5.41) is 18.5. The molecule has 2 bridgehead atoms. The number of aliphatic hydroxyl groups is 1. The number of fused-ring (bicyclic) bond motifs is 4. The number of hydrogen-bond donors (Lipinski definition) is 3. The summed E-state index contributed by atoms with van der Waals surface area (Å²) in [6, 6.07) is 18.7. The van der Waals surface area contributed by atoms with Gasteiger partial charge in [-0.1, -0.05) is 55.3 Å². The molecule has 1 saturated carbocycles. The van der Waals surface area contributed by atoms with E-state index in [-0.39, 0.29) is 53.3 Å². The predicted molar refractivity (Wildman–Crippen MR) is 255 cm³/mol. The van der Waals surface area contributed by atoms with E-state index < -0.39 is 17.6 Å². The third-order valence-electron chi connectivity index (χ3n) is 16.1. The molecule has 1 aliphatic carbocycles. The van der Waals surface area contributed by atoms with Crippen LogP contribution in [-0.2, 0) is 34.8 Å². The van der Waals surface area contributed by atoms with Crippen LogP contribution in [0.3, 0.4) is 0 Å². The Labute approximate surface area is 395 Å². The number of ketones is 1. The van der Waals surface area contributed by atoms with Crippen LogP contribution in [0, 0.1) is 6.92 Å². The molecule has 15 heteroatoms. The van der Waals surface area contributed by atoms with Crippen LogP contribution in [0.2, 0.25) is 0 Å². The Morgan fingerprint density at radius 1 is 0.838 bits per heavy atom. The van der Waals surface area contributed by atoms with Gasteiger partial charge in [0, 0.05) is 67.5 Å². The Bertz CT molecular complexity index is 2870. The lowest BCUT2D eigenvalue weighted by Gasteiger charge is -2.44. The highest BCUT2D eigenvalue weighted by Gasteiger charge is 2.49. The van der Waals surface area contributed by atoms with Crippen LogP contribution in [0.5, 0.6) is 0 Å². The first kappa shape index (κ1) is 44.4. The summed E-state index contributed by atoms with van der Waals surface area (Å²) in [7, 11) is 0. The fraction of sp³-hybridized carbons (Fsp3) is 0.472. The first-order valence-electron chi connectivity index (χ1n) is 24.6. The number of benzene rings is 2. The van der Waals surface area contributed by atoms with Crippen molar-refractivity contribution < 1.29 is 24.3 Å². The molecule has 5 aromatic rings. The van der Waals surface area contributed by atoms with Crippen molar-refractivity contribution in [2.45, 2.75) is 146 Å². The number of nitrogens with zero attached hydrogens (tertiary/aromatic N) is 7. The molecule has 5 aliphatic heterocycles. The standard InChI is InChI=1S/C53H59N9O6/c1-31-43-27-55-52(58-48(43)62(39-5-3-4-6-39)51(67)47(31)32(2)63)56-45-17-11-36(26-54-45)35-19-21-59(22-20-35)28-33-7-9-34(10-8-33)29-60-40-13-14-41(60)25-53(68,24-40)38-12-15-42-37(23-38)30-61(50(42)66)44-16-18-46(64)57-49(44)65/h7-12,15,17,23,26-27,35,39-41,44,68H,3-6,13-14,16,18-22,24-25,28-30H2,1-2H3,(H,57,64,65)(H,54,55,56,58). The maximum absolute atomic E-state index is 13.6. The van der Waals surface area contributed by atoms with Crippen molar-refractivity contribution in [3.8, 4) is 0 Å². The second-order valence-electron chi connectivity index (χ2n) is 20.3. The minimum Gasteiger partial charge on any atom is -0.385 e. The number of anilines is 2. The maximum atomic E-state index is 13.6. The Kier molecular flexibility index (Phi) is 11.6. The number of aromatic nitrogens is 4. The Balaban J connectivity index is 0.671. The summed E-state index contributed by atoms with van der Waals surface area (Å²) >= 11 is 0. The van der Waals surface area contributed by atoms with Crippen molar-refractivity contribution in [1.82, 2.24) is 39.5 Å². The number of pyridine rings is 2. The molecule has 3 atom stereocenters. The zero-order chi connectivity index (χ0) is 46.8. The molecule has 68 heavy (non-hydrogen) atoms. The highest BCUT2D eigenvalue weighted by Crippen LogP contribution is 2.47. The van der Waals surface area contributed by atoms with Crippen molar-refractivity contribution in [3.63, 3.8) is 0 Å². The third kappa shape index (κ3) is 8.21. The molecule has 6 aliphatic rings. The molecule has 3 aromatic heterocycles. The highest BCUT2D eigenvalue weighted by molar-refractivity contribution is 6.05. The zero-order valence-corrected chi connectivity index (χ0v) is 38.9. The first-order valence-corrected chi connectivity index (χ1v) is 24.6. The van der Waals surface area contributed by atoms with Gasteiger partial charge in [0.05, 0.1) is 11.2 Å². The molecule has 5 fully saturated rings. The minimum absolute atomic E-state index is 0.0149. The van der Waals surface area contributed by atoms with Gasteiger partial charge in [-0.25, -0.2) is 9.97 Å². The molecule has 352 valence electrons. The molecule has 3 unspecified atom stereocenters. The van der Waals surface area contributed by atoms with Crippen LogP contribution in [0.4, 0.5) is 11.8 Å². The van der Waals surface area contributed by atoms with E-state index in [0.717, 1.165) is 94.1 Å². The number of aryl methyl sites for hydroxylation is 1. The molecule has 15 nitrogen and oxygen atoms in total. The lowest BCUT2D eigenvalue weighted by atomic mass is 9.79. The minimum atomic E-state index is -0.987. The Hall–Kier alpha value is -6.16. The van der Waals surface area contributed by atoms with E-state index in [1.165, 1.54) is 23.6 Å². The van der Waals surface area contributed by atoms with Gasteiger partial charge in [0.25, 0.3) is 11.5 Å². The smallest absolute Gasteiger partial charge is 0.263 e. The van der Waals surface area contributed by atoms with E-state index in [9.17, 15) is 29.1 Å². The third-order valence-corrected chi connectivity index (χ3v) is 16.1. The average molecular weight is 918 g/mol. The Morgan fingerprint density at radius 3 is 2.24 bits per heavy atom. The molecular formula is C53H59N9O6. The van der Waals surface area contributed by atoms with Gasteiger partial charge in [-0.2, -0.15) is 4.98 Å². The number of piperidine rings is 3. The first-order chi connectivity index (χ1) is 32.9. The predicted octanol–water partition coefficient (Wildman–Crippen LogP) is 6.71. The number of carbonyl (C=O) groups is 4. The van der Waals surface area contributed by atoms with E-state index >= 15 is 0 Å². The van der Waals surface area contributed by atoms with Gasteiger partial charge in [-0.15, -0.1) is 0 Å². The fourth-order valence-corrected chi connectivity index (χ4v) is 12.5. The van der Waals surface area contributed by atoms with Crippen LogP contribution < -0.4 is 16.2 Å². The van der Waals surface area contributed by atoms with Gasteiger partial charge in [0.1, 0.15) is 17.5 Å². The van der Waals surface area contributed by atoms with E-state index in [1.807, 2.05) is 24.4 Å². The molecule has 8 heterocycles. The van der Waals surface area contributed by atoms with Gasteiger partial charge in [0.2, 0.25) is 17.8 Å². The normalized spacial score (nSPS) is 24.8.